The van der Waals surface area contributed by atoms with Gasteiger partial charge in [-0.25, -0.2) is 0 Å². The summed E-state index contributed by atoms with van der Waals surface area (Å²) in [6, 6.07) is 12.2. The van der Waals surface area contributed by atoms with Crippen LogP contribution in [0, 0.1) is 11.3 Å². The molecule has 1 aliphatic rings. The number of nitriles is 1. The fraction of sp³-hybridized carbons (Fsp3) is 0.0667. The quantitative estimate of drug-likeness (QED) is 0.782. The summed E-state index contributed by atoms with van der Waals surface area (Å²) >= 11 is 0. The van der Waals surface area contributed by atoms with Gasteiger partial charge in [-0.2, -0.15) is 5.26 Å². The number of para-hydroxylation sites is 1. The summed E-state index contributed by atoms with van der Waals surface area (Å²) in [5.74, 6) is -0.0845. The van der Waals surface area contributed by atoms with Gasteiger partial charge in [-0.1, -0.05) is 24.3 Å². The molecule has 0 bridgehead atoms. The van der Waals surface area contributed by atoms with Gasteiger partial charge in [-0.15, -0.1) is 0 Å². The molecule has 1 amide bonds. The molecule has 0 spiro atoms. The Morgan fingerprint density at radius 3 is 2.84 bits per heavy atom. The summed E-state index contributed by atoms with van der Waals surface area (Å²) in [7, 11) is 0. The Kier molecular flexibility index (Phi) is 2.66. The predicted molar refractivity (Wildman–Crippen MR) is 70.4 cm³/mol. The van der Waals surface area contributed by atoms with Crippen LogP contribution < -0.4 is 4.90 Å². The van der Waals surface area contributed by atoms with Gasteiger partial charge in [0.2, 0.25) is 0 Å². The molecule has 19 heavy (non-hydrogen) atoms. The Hall–Kier alpha value is -2.80. The van der Waals surface area contributed by atoms with Gasteiger partial charge in [0.15, 0.2) is 5.76 Å². The number of carbonyl (C=O) groups excluding carboxylic acids is 1. The average Bonchev–Trinajstić information content (AvgIpc) is 2.99. The molecule has 2 aromatic rings. The molecule has 0 N–H and O–H groups in total. The highest BCUT2D eigenvalue weighted by Gasteiger charge is 2.29. The molecule has 4 nitrogen and oxygen atoms in total. The first-order valence-corrected chi connectivity index (χ1v) is 5.85. The Labute approximate surface area is 110 Å². The highest BCUT2D eigenvalue weighted by atomic mass is 16.3. The molecule has 1 aromatic heterocycles. The van der Waals surface area contributed by atoms with Crippen LogP contribution in [0.5, 0.6) is 0 Å². The highest BCUT2D eigenvalue weighted by Crippen LogP contribution is 2.30. The second kappa shape index (κ2) is 4.46. The maximum absolute atomic E-state index is 12.4. The highest BCUT2D eigenvalue weighted by molar-refractivity contribution is 6.07. The first-order chi connectivity index (χ1) is 9.31. The van der Waals surface area contributed by atoms with Crippen LogP contribution in [0.1, 0.15) is 16.1 Å². The molecule has 1 aliphatic heterocycles. The number of hydrogen-bond acceptors (Lipinski definition) is 3. The monoisotopic (exact) mass is 250 g/mol. The standard InChI is InChI=1S/C15H10N2O2/c16-10-12-8-7-11-4-1-2-5-13(11)17(12)15(18)14-6-3-9-19-14/h1-9,12H/t12-/m1/s1. The number of carbonyl (C=O) groups is 1. The topological polar surface area (TPSA) is 57.2 Å². The van der Waals surface area contributed by atoms with E-state index in [-0.39, 0.29) is 11.7 Å². The van der Waals surface area contributed by atoms with E-state index in [4.69, 9.17) is 4.42 Å². The molecule has 0 saturated carbocycles. The van der Waals surface area contributed by atoms with Crippen molar-refractivity contribution >= 4 is 17.7 Å². The van der Waals surface area contributed by atoms with E-state index in [1.165, 1.54) is 11.2 Å². The smallest absolute Gasteiger partial charge is 0.295 e. The van der Waals surface area contributed by atoms with Crippen molar-refractivity contribution in [3.8, 4) is 6.07 Å². The number of rotatable bonds is 1. The van der Waals surface area contributed by atoms with Gasteiger partial charge in [-0.3, -0.25) is 9.69 Å². The molecule has 1 atom stereocenters. The van der Waals surface area contributed by atoms with Crippen molar-refractivity contribution < 1.29 is 9.21 Å². The number of anilines is 1. The van der Waals surface area contributed by atoms with Crippen LogP contribution in [0.4, 0.5) is 5.69 Å². The van der Waals surface area contributed by atoms with Crippen molar-refractivity contribution in [2.24, 2.45) is 0 Å². The predicted octanol–water partition coefficient (Wildman–Crippen LogP) is 2.85. The van der Waals surface area contributed by atoms with E-state index < -0.39 is 6.04 Å². The van der Waals surface area contributed by atoms with Crippen LogP contribution in [-0.4, -0.2) is 11.9 Å². The van der Waals surface area contributed by atoms with Crippen molar-refractivity contribution in [3.05, 3.63) is 60.1 Å². The maximum atomic E-state index is 12.4. The Morgan fingerprint density at radius 1 is 1.26 bits per heavy atom. The molecule has 92 valence electrons. The second-order valence-electron chi connectivity index (χ2n) is 4.14. The molecule has 0 aliphatic carbocycles. The number of nitrogens with zero attached hydrogens (tertiary/aromatic N) is 2. The van der Waals surface area contributed by atoms with Gasteiger partial charge in [0.1, 0.15) is 6.04 Å². The van der Waals surface area contributed by atoms with E-state index in [1.807, 2.05) is 30.3 Å². The zero-order valence-corrected chi connectivity index (χ0v) is 9.98. The van der Waals surface area contributed by atoms with Gasteiger partial charge in [0.05, 0.1) is 18.0 Å². The molecule has 1 aromatic carbocycles. The van der Waals surface area contributed by atoms with Crippen molar-refractivity contribution in [2.45, 2.75) is 6.04 Å². The molecular weight excluding hydrogens is 240 g/mol. The summed E-state index contributed by atoms with van der Waals surface area (Å²) in [5.41, 5.74) is 1.63. The summed E-state index contributed by atoms with van der Waals surface area (Å²) in [5, 5.41) is 9.21. The number of fused-ring (bicyclic) bond motifs is 1. The maximum Gasteiger partial charge on any atom is 0.295 e. The zero-order chi connectivity index (χ0) is 13.2. The average molecular weight is 250 g/mol. The third-order valence-corrected chi connectivity index (χ3v) is 3.02. The number of furan rings is 1. The fourth-order valence-corrected chi connectivity index (χ4v) is 2.13. The van der Waals surface area contributed by atoms with Crippen molar-refractivity contribution in [1.29, 1.82) is 5.26 Å². The second-order valence-corrected chi connectivity index (χ2v) is 4.14. The largest absolute Gasteiger partial charge is 0.459 e. The Bertz CT molecular complexity index is 680. The van der Waals surface area contributed by atoms with E-state index in [1.54, 1.807) is 18.2 Å². The third-order valence-electron chi connectivity index (χ3n) is 3.02. The molecule has 4 heteroatoms. The normalized spacial score (nSPS) is 16.8. The van der Waals surface area contributed by atoms with E-state index in [0.29, 0.717) is 0 Å². The van der Waals surface area contributed by atoms with Gasteiger partial charge in [-0.05, 0) is 29.8 Å². The fourth-order valence-electron chi connectivity index (χ4n) is 2.13. The van der Waals surface area contributed by atoms with Crippen LogP contribution in [0.3, 0.4) is 0 Å². The lowest BCUT2D eigenvalue weighted by atomic mass is 10.0. The third kappa shape index (κ3) is 1.81. The SMILES string of the molecule is N#C[C@H]1C=Cc2ccccc2N1C(=O)c1ccco1. The molecule has 0 fully saturated rings. The van der Waals surface area contributed by atoms with E-state index in [9.17, 15) is 10.1 Å². The van der Waals surface area contributed by atoms with Crippen LogP contribution in [0.2, 0.25) is 0 Å². The zero-order valence-electron chi connectivity index (χ0n) is 9.98. The van der Waals surface area contributed by atoms with Gasteiger partial charge < -0.3 is 4.42 Å². The van der Waals surface area contributed by atoms with Gasteiger partial charge in [0.25, 0.3) is 5.91 Å². The number of benzene rings is 1. The molecular formula is C15H10N2O2. The Balaban J connectivity index is 2.10. The van der Waals surface area contributed by atoms with Gasteiger partial charge >= 0.3 is 0 Å². The minimum Gasteiger partial charge on any atom is -0.459 e. The lowest BCUT2D eigenvalue weighted by Crippen LogP contribution is -2.40. The summed E-state index contributed by atoms with van der Waals surface area (Å²) in [6.45, 7) is 0. The van der Waals surface area contributed by atoms with Crippen molar-refractivity contribution in [2.75, 3.05) is 4.90 Å². The first kappa shape index (κ1) is 11.3. The number of hydrogen-bond donors (Lipinski definition) is 0. The first-order valence-electron chi connectivity index (χ1n) is 5.85. The molecule has 2 heterocycles. The molecule has 3 rings (SSSR count). The van der Waals surface area contributed by atoms with Gasteiger partial charge in [0, 0.05) is 0 Å². The van der Waals surface area contributed by atoms with Crippen LogP contribution >= 0.6 is 0 Å². The van der Waals surface area contributed by atoms with Crippen molar-refractivity contribution in [3.63, 3.8) is 0 Å². The summed E-state index contributed by atoms with van der Waals surface area (Å²) < 4.78 is 5.13. The lowest BCUT2D eigenvalue weighted by Gasteiger charge is -2.29. The minimum atomic E-state index is -0.618. The molecule has 0 unspecified atom stereocenters. The van der Waals surface area contributed by atoms with E-state index in [2.05, 4.69) is 6.07 Å². The number of amides is 1. The van der Waals surface area contributed by atoms with Crippen LogP contribution in [0.15, 0.2) is 53.2 Å². The van der Waals surface area contributed by atoms with Crippen LogP contribution in [-0.2, 0) is 0 Å². The Morgan fingerprint density at radius 2 is 2.11 bits per heavy atom. The summed E-state index contributed by atoms with van der Waals surface area (Å²) in [4.78, 5) is 13.9. The van der Waals surface area contributed by atoms with Crippen LogP contribution in [0.25, 0.3) is 6.08 Å². The molecule has 0 radical (unpaired) electrons. The van der Waals surface area contributed by atoms with E-state index >= 15 is 0 Å². The molecule has 0 saturated heterocycles. The van der Waals surface area contributed by atoms with E-state index in [0.717, 1.165) is 11.3 Å². The lowest BCUT2D eigenvalue weighted by molar-refractivity contribution is 0.0958. The van der Waals surface area contributed by atoms with Crippen molar-refractivity contribution in [1.82, 2.24) is 0 Å². The minimum absolute atomic E-state index is 0.227. The summed E-state index contributed by atoms with van der Waals surface area (Å²) in [6.07, 6.45) is 5.01.